The molecule has 12 heteroatoms. The van der Waals surface area contributed by atoms with Crippen LogP contribution in [0.3, 0.4) is 0 Å². The number of nitrogens with zero attached hydrogens (tertiary/aromatic N) is 2. The zero-order valence-corrected chi connectivity index (χ0v) is 33.5. The average molecular weight is 736 g/mol. The fourth-order valence-electron chi connectivity index (χ4n) is 7.17. The third-order valence-electron chi connectivity index (χ3n) is 9.68. The zero-order chi connectivity index (χ0) is 34.0. The monoisotopic (exact) mass is 735 g/mol. The van der Waals surface area contributed by atoms with Gasteiger partial charge in [-0.2, -0.15) is 4.58 Å². The number of rotatable bonds is 13. The largest absolute Gasteiger partial charge is 1.00 e. The summed E-state index contributed by atoms with van der Waals surface area (Å²) in [6.07, 6.45) is 12.6. The van der Waals surface area contributed by atoms with E-state index in [9.17, 15) is 21.4 Å². The number of allylic oxidation sites excluding steroid dienone is 8. The van der Waals surface area contributed by atoms with Gasteiger partial charge in [-0.15, -0.1) is 0 Å². The van der Waals surface area contributed by atoms with Gasteiger partial charge in [-0.3, -0.25) is 0 Å². The first kappa shape index (κ1) is 41.4. The normalized spacial score (nSPS) is 19.6. The van der Waals surface area contributed by atoms with E-state index in [0.29, 0.717) is 25.8 Å². The van der Waals surface area contributed by atoms with Crippen molar-refractivity contribution in [2.24, 2.45) is 0 Å². The summed E-state index contributed by atoms with van der Waals surface area (Å²) < 4.78 is 58.0. The molecule has 0 bridgehead atoms. The van der Waals surface area contributed by atoms with E-state index in [1.807, 2.05) is 18.2 Å². The summed E-state index contributed by atoms with van der Waals surface area (Å²) in [6.45, 7) is 10.2. The van der Waals surface area contributed by atoms with Gasteiger partial charge in [0, 0.05) is 58.3 Å². The van der Waals surface area contributed by atoms with E-state index in [4.69, 9.17) is 11.6 Å². The quantitative estimate of drug-likeness (QED) is 0.0955. The van der Waals surface area contributed by atoms with Crippen LogP contribution in [-0.2, 0) is 40.1 Å². The van der Waals surface area contributed by atoms with E-state index in [1.165, 1.54) is 22.5 Å². The van der Waals surface area contributed by atoms with Crippen LogP contribution in [0.5, 0.6) is 0 Å². The first-order valence-corrected chi connectivity index (χ1v) is 19.5. The Labute approximate surface area is 320 Å². The third kappa shape index (κ3) is 9.26. The topological polar surface area (TPSA) is 128 Å². The maximum Gasteiger partial charge on any atom is 1.00 e. The van der Waals surface area contributed by atoms with Crippen molar-refractivity contribution >= 4 is 49.5 Å². The predicted molar refractivity (Wildman–Crippen MR) is 192 cm³/mol. The fourth-order valence-corrected chi connectivity index (χ4v) is 8.48. The molecule has 0 spiro atoms. The number of hydrogen-bond acceptors (Lipinski definition) is 8. The predicted octanol–water partition coefficient (Wildman–Crippen LogP) is 4.76. The molecule has 8 nitrogen and oxygen atoms in total. The Morgan fingerprint density at radius 1 is 0.898 bits per heavy atom. The minimum Gasteiger partial charge on any atom is -0.870 e. The molecular formula is C37H45ClN2NaO6S2-. The second-order valence-electron chi connectivity index (χ2n) is 13.6. The van der Waals surface area contributed by atoms with Crippen LogP contribution >= 0.6 is 11.6 Å². The van der Waals surface area contributed by atoms with Crippen molar-refractivity contribution in [3.8, 4) is 0 Å². The molecule has 260 valence electrons. The van der Waals surface area contributed by atoms with Crippen LogP contribution < -0.4 is 34.5 Å². The van der Waals surface area contributed by atoms with E-state index in [1.54, 1.807) is 0 Å². The molecule has 2 heterocycles. The summed E-state index contributed by atoms with van der Waals surface area (Å²) in [5, 5.41) is 0.761. The molecule has 1 N–H and O–H groups in total. The molecule has 2 aromatic carbocycles. The van der Waals surface area contributed by atoms with Crippen LogP contribution in [0.2, 0.25) is 0 Å². The number of fused-ring (bicyclic) bond motifs is 2. The van der Waals surface area contributed by atoms with Crippen molar-refractivity contribution < 1.29 is 61.0 Å². The minimum atomic E-state index is -4.23. The smallest absolute Gasteiger partial charge is 0.870 e. The Morgan fingerprint density at radius 2 is 1.57 bits per heavy atom. The Balaban J connectivity index is 0.00000325. The van der Waals surface area contributed by atoms with Gasteiger partial charge in [0.1, 0.15) is 6.54 Å². The van der Waals surface area contributed by atoms with E-state index in [2.05, 4.69) is 91.8 Å². The van der Waals surface area contributed by atoms with Crippen molar-refractivity contribution in [3.05, 3.63) is 106 Å². The number of benzene rings is 2. The molecule has 1 aliphatic carbocycles. The first-order valence-electron chi connectivity index (χ1n) is 16.3. The van der Waals surface area contributed by atoms with E-state index in [-0.39, 0.29) is 57.4 Å². The molecule has 0 saturated heterocycles. The summed E-state index contributed by atoms with van der Waals surface area (Å²) in [4.78, 5) is 2.25. The van der Waals surface area contributed by atoms with Gasteiger partial charge in [-0.1, -0.05) is 96.9 Å². The number of para-hydroxylation sites is 2. The van der Waals surface area contributed by atoms with Crippen LogP contribution in [0.1, 0.15) is 77.3 Å². The molecule has 3 aliphatic rings. The maximum atomic E-state index is 11.2. The van der Waals surface area contributed by atoms with Gasteiger partial charge in [-0.05, 0) is 68.4 Å². The Bertz CT molecular complexity index is 1880. The Hall–Kier alpha value is -2.02. The zero-order valence-electron chi connectivity index (χ0n) is 29.1. The van der Waals surface area contributed by atoms with Crippen molar-refractivity contribution in [2.75, 3.05) is 29.5 Å². The van der Waals surface area contributed by atoms with Gasteiger partial charge in [-0.25, -0.2) is 8.42 Å². The van der Waals surface area contributed by atoms with Crippen LogP contribution in [0.25, 0.3) is 0 Å². The van der Waals surface area contributed by atoms with Crippen molar-refractivity contribution in [1.82, 2.24) is 0 Å². The average Bonchev–Trinajstić information content (AvgIpc) is 3.55. The summed E-state index contributed by atoms with van der Waals surface area (Å²) in [6, 6.07) is 16.7. The summed E-state index contributed by atoms with van der Waals surface area (Å²) in [5.74, 6) is -0.181. The number of unbranched alkanes of at least 4 members (excludes halogenated alkanes) is 2. The van der Waals surface area contributed by atoms with Gasteiger partial charge < -0.3 is 23.3 Å². The number of hydrogen-bond donors (Lipinski definition) is 0. The third-order valence-corrected chi connectivity index (χ3v) is 11.6. The molecule has 0 atom stereocenters. The molecular weight excluding hydrogens is 691 g/mol. The van der Waals surface area contributed by atoms with Crippen LogP contribution in [-0.4, -0.2) is 53.3 Å². The molecule has 0 unspecified atom stereocenters. The van der Waals surface area contributed by atoms with Crippen molar-refractivity contribution in [1.29, 1.82) is 0 Å². The summed E-state index contributed by atoms with van der Waals surface area (Å²) in [5.41, 5.74) is 8.70. The molecule has 0 saturated carbocycles. The second-order valence-corrected chi connectivity index (χ2v) is 16.5. The second kappa shape index (κ2) is 17.0. The number of anilines is 1. The Morgan fingerprint density at radius 3 is 2.27 bits per heavy atom. The van der Waals surface area contributed by atoms with Gasteiger partial charge >= 0.3 is 29.6 Å². The molecule has 0 radical (unpaired) electrons. The van der Waals surface area contributed by atoms with Gasteiger partial charge in [0.2, 0.25) is 5.69 Å². The summed E-state index contributed by atoms with van der Waals surface area (Å²) >= 11 is 7.03. The van der Waals surface area contributed by atoms with Crippen molar-refractivity contribution in [2.45, 2.75) is 77.0 Å². The Kier molecular flexibility index (Phi) is 14.4. The minimum absolute atomic E-state index is 0. The fraction of sp³-hybridized carbons (Fsp3) is 0.432. The van der Waals surface area contributed by atoms with E-state index < -0.39 is 20.8 Å². The van der Waals surface area contributed by atoms with Gasteiger partial charge in [0.05, 0.1) is 15.5 Å². The van der Waals surface area contributed by atoms with Crippen LogP contribution in [0.15, 0.2) is 94.7 Å². The van der Waals surface area contributed by atoms with E-state index in [0.717, 1.165) is 53.4 Å². The van der Waals surface area contributed by atoms with Crippen molar-refractivity contribution in [3.63, 3.8) is 0 Å². The standard InChI is InChI=1S/C37H44ClN2O5S2.Na.H2O/c1-36(2)29-13-5-7-15-31(29)39(23-9-11-25-46(41)42)33(36)21-19-27-17-18-28(35(27)38)20-22-34-37(3,4)30-14-6-8-16-32(30)40(34)24-10-12-26-47(43,44)45;;/h5-8,13-16,19-22H,9-12,17-18,23-26H2,1-4H3;;1H2/q-1;+1;/p-1. The molecule has 0 fully saturated rings. The molecule has 0 aromatic heterocycles. The summed E-state index contributed by atoms with van der Waals surface area (Å²) in [7, 11) is -6.26. The van der Waals surface area contributed by atoms with Gasteiger partial charge in [0.25, 0.3) is 0 Å². The van der Waals surface area contributed by atoms with Gasteiger partial charge in [0.15, 0.2) is 5.71 Å². The molecule has 5 rings (SSSR count). The maximum absolute atomic E-state index is 11.2. The molecule has 2 aromatic rings. The van der Waals surface area contributed by atoms with E-state index >= 15 is 0 Å². The van der Waals surface area contributed by atoms with Crippen LogP contribution in [0.4, 0.5) is 11.4 Å². The number of halogens is 1. The SMILES string of the molecule is CC1(C)C(/C=C/C2=C(Cl)C(=C/C=C3\N(CCCCS(=O)(=O)[O-])c4ccccc4C3(C)C)/CC2)=[N+](CCCC[S-](=O)=O)c2ccccc21.[Na+].[OH-]. The molecule has 2 aliphatic heterocycles. The van der Waals surface area contributed by atoms with Crippen LogP contribution in [0, 0.1) is 0 Å². The molecule has 0 amide bonds. The molecule has 49 heavy (non-hydrogen) atoms. The first-order chi connectivity index (χ1) is 22.2.